The molecule has 1 aliphatic heterocycles. The third-order valence-corrected chi connectivity index (χ3v) is 5.79. The van der Waals surface area contributed by atoms with Gasteiger partial charge in [-0.05, 0) is 24.7 Å². The topological polar surface area (TPSA) is 90.0 Å². The number of nitrogens with one attached hydrogen (secondary N) is 2. The highest BCUT2D eigenvalue weighted by atomic mass is 16.2. The number of benzene rings is 2. The van der Waals surface area contributed by atoms with E-state index in [1.54, 1.807) is 0 Å². The van der Waals surface area contributed by atoms with Crippen molar-refractivity contribution in [3.8, 4) is 11.4 Å². The van der Waals surface area contributed by atoms with Crippen LogP contribution < -0.4 is 5.32 Å². The molecule has 0 aliphatic carbocycles. The summed E-state index contributed by atoms with van der Waals surface area (Å²) in [5.74, 6) is 1.48. The predicted molar refractivity (Wildman–Crippen MR) is 124 cm³/mol. The fraction of sp³-hybridized carbons (Fsp3) is 0.250. The molecule has 0 saturated carbocycles. The second-order valence-corrected chi connectivity index (χ2v) is 8.02. The van der Waals surface area contributed by atoms with E-state index in [1.807, 2.05) is 47.4 Å². The summed E-state index contributed by atoms with van der Waals surface area (Å²) in [6.07, 6.45) is 1.51. The standard InChI is InChI=1S/C24H25N7O/c1-30-11-13-31(14-12-30)24(32)19-9-7-18(8-10-19)21-28-20-22(26-16-27-23(20)29-21)25-15-17-5-3-2-4-6-17/h2-10,16H,11-15H2,1H3,(H2,25,26,27,28,29). The van der Waals surface area contributed by atoms with E-state index in [2.05, 4.69) is 49.3 Å². The van der Waals surface area contributed by atoms with Crippen LogP contribution in [0.2, 0.25) is 0 Å². The van der Waals surface area contributed by atoms with Gasteiger partial charge in [0.15, 0.2) is 11.5 Å². The van der Waals surface area contributed by atoms with Crippen LogP contribution in [0.25, 0.3) is 22.6 Å². The van der Waals surface area contributed by atoms with E-state index in [0.29, 0.717) is 29.4 Å². The molecule has 1 saturated heterocycles. The number of nitrogens with zero attached hydrogens (tertiary/aromatic N) is 5. The number of carbonyl (C=O) groups excluding carboxylic acids is 1. The number of rotatable bonds is 5. The molecule has 2 N–H and O–H groups in total. The Balaban J connectivity index is 1.34. The number of hydrogen-bond donors (Lipinski definition) is 2. The zero-order valence-corrected chi connectivity index (χ0v) is 18.0. The summed E-state index contributed by atoms with van der Waals surface area (Å²) in [5.41, 5.74) is 4.12. The average molecular weight is 428 g/mol. The molecule has 5 rings (SSSR count). The number of imidazole rings is 1. The van der Waals surface area contributed by atoms with Gasteiger partial charge in [0.25, 0.3) is 5.91 Å². The first-order chi connectivity index (χ1) is 15.7. The van der Waals surface area contributed by atoms with Crippen LogP contribution in [0.5, 0.6) is 0 Å². The van der Waals surface area contributed by atoms with Gasteiger partial charge in [0, 0.05) is 43.9 Å². The molecule has 2 aromatic heterocycles. The lowest BCUT2D eigenvalue weighted by molar-refractivity contribution is 0.0664. The van der Waals surface area contributed by atoms with E-state index in [0.717, 1.165) is 37.3 Å². The van der Waals surface area contributed by atoms with Crippen LogP contribution in [0.1, 0.15) is 15.9 Å². The van der Waals surface area contributed by atoms with Crippen LogP contribution in [0.3, 0.4) is 0 Å². The molecular formula is C24H25N7O. The van der Waals surface area contributed by atoms with Crippen molar-refractivity contribution in [2.45, 2.75) is 6.54 Å². The second-order valence-electron chi connectivity index (χ2n) is 8.02. The first-order valence-corrected chi connectivity index (χ1v) is 10.7. The van der Waals surface area contributed by atoms with E-state index in [4.69, 9.17) is 0 Å². The van der Waals surface area contributed by atoms with Crippen LogP contribution >= 0.6 is 0 Å². The van der Waals surface area contributed by atoms with Crippen LogP contribution in [0.4, 0.5) is 5.82 Å². The molecule has 1 fully saturated rings. The largest absolute Gasteiger partial charge is 0.364 e. The number of fused-ring (bicyclic) bond motifs is 1. The van der Waals surface area contributed by atoms with E-state index >= 15 is 0 Å². The summed E-state index contributed by atoms with van der Waals surface area (Å²) < 4.78 is 0. The van der Waals surface area contributed by atoms with Crippen molar-refractivity contribution < 1.29 is 4.79 Å². The van der Waals surface area contributed by atoms with Gasteiger partial charge in [-0.15, -0.1) is 0 Å². The number of carbonyl (C=O) groups is 1. The highest BCUT2D eigenvalue weighted by Crippen LogP contribution is 2.24. The maximum atomic E-state index is 12.8. The summed E-state index contributed by atoms with van der Waals surface area (Å²) in [7, 11) is 2.08. The van der Waals surface area contributed by atoms with Gasteiger partial charge in [0.05, 0.1) is 0 Å². The summed E-state index contributed by atoms with van der Waals surface area (Å²) in [5, 5.41) is 3.36. The molecule has 0 atom stereocenters. The third-order valence-electron chi connectivity index (χ3n) is 5.79. The number of amides is 1. The van der Waals surface area contributed by atoms with Crippen molar-refractivity contribution in [1.82, 2.24) is 29.7 Å². The molecule has 3 heterocycles. The third kappa shape index (κ3) is 4.17. The summed E-state index contributed by atoms with van der Waals surface area (Å²) in [6.45, 7) is 4.00. The Bertz CT molecular complexity index is 1210. The normalized spacial score (nSPS) is 14.6. The van der Waals surface area contributed by atoms with Gasteiger partial charge in [0.1, 0.15) is 17.7 Å². The molecule has 2 aromatic carbocycles. The molecule has 0 unspecified atom stereocenters. The lowest BCUT2D eigenvalue weighted by Gasteiger charge is -2.32. The minimum atomic E-state index is 0.0764. The van der Waals surface area contributed by atoms with Gasteiger partial charge in [-0.2, -0.15) is 0 Å². The monoisotopic (exact) mass is 427 g/mol. The fourth-order valence-electron chi connectivity index (χ4n) is 3.84. The Kier molecular flexibility index (Phi) is 5.51. The quantitative estimate of drug-likeness (QED) is 0.509. The smallest absolute Gasteiger partial charge is 0.253 e. The first kappa shape index (κ1) is 20.1. The van der Waals surface area contributed by atoms with E-state index in [1.165, 1.54) is 11.9 Å². The number of hydrogen-bond acceptors (Lipinski definition) is 6. The zero-order chi connectivity index (χ0) is 21.9. The molecule has 0 bridgehead atoms. The van der Waals surface area contributed by atoms with E-state index < -0.39 is 0 Å². The summed E-state index contributed by atoms with van der Waals surface area (Å²) in [6, 6.07) is 17.7. The lowest BCUT2D eigenvalue weighted by Crippen LogP contribution is -2.47. The SMILES string of the molecule is CN1CCN(C(=O)c2ccc(-c3nc4ncnc(NCc5ccccc5)c4[nH]3)cc2)CC1. The highest BCUT2D eigenvalue weighted by molar-refractivity contribution is 5.95. The van der Waals surface area contributed by atoms with Gasteiger partial charge in [0.2, 0.25) is 0 Å². The predicted octanol–water partition coefficient (Wildman–Crippen LogP) is 3.02. The van der Waals surface area contributed by atoms with Crippen molar-refractivity contribution in [2.24, 2.45) is 0 Å². The molecule has 1 amide bonds. The second kappa shape index (κ2) is 8.76. The van der Waals surface area contributed by atoms with Gasteiger partial charge in [-0.1, -0.05) is 42.5 Å². The van der Waals surface area contributed by atoms with Crippen LogP contribution in [-0.2, 0) is 6.54 Å². The average Bonchev–Trinajstić information content (AvgIpc) is 3.29. The highest BCUT2D eigenvalue weighted by Gasteiger charge is 2.20. The van der Waals surface area contributed by atoms with Crippen molar-refractivity contribution >= 4 is 22.9 Å². The fourth-order valence-corrected chi connectivity index (χ4v) is 3.84. The van der Waals surface area contributed by atoms with E-state index in [9.17, 15) is 4.79 Å². The molecule has 8 heteroatoms. The number of aromatic amines is 1. The Hall–Kier alpha value is -3.78. The maximum Gasteiger partial charge on any atom is 0.253 e. The molecule has 0 spiro atoms. The Labute approximate surface area is 186 Å². The molecular weight excluding hydrogens is 402 g/mol. The first-order valence-electron chi connectivity index (χ1n) is 10.7. The minimum absolute atomic E-state index is 0.0764. The number of piperazine rings is 1. The number of anilines is 1. The van der Waals surface area contributed by atoms with Gasteiger partial charge >= 0.3 is 0 Å². The van der Waals surface area contributed by atoms with Crippen molar-refractivity contribution in [3.05, 3.63) is 72.1 Å². The minimum Gasteiger partial charge on any atom is -0.364 e. The van der Waals surface area contributed by atoms with Crippen molar-refractivity contribution in [2.75, 3.05) is 38.5 Å². The number of aromatic nitrogens is 4. The Morgan fingerprint density at radius 3 is 2.50 bits per heavy atom. The molecule has 4 aromatic rings. The molecule has 32 heavy (non-hydrogen) atoms. The zero-order valence-electron chi connectivity index (χ0n) is 18.0. The van der Waals surface area contributed by atoms with Crippen LogP contribution in [0.15, 0.2) is 60.9 Å². The van der Waals surface area contributed by atoms with Gasteiger partial charge < -0.3 is 20.1 Å². The van der Waals surface area contributed by atoms with Crippen molar-refractivity contribution in [1.29, 1.82) is 0 Å². The molecule has 1 aliphatic rings. The lowest BCUT2D eigenvalue weighted by atomic mass is 10.1. The molecule has 0 radical (unpaired) electrons. The number of likely N-dealkylation sites (N-methyl/N-ethyl adjacent to an activating group) is 1. The van der Waals surface area contributed by atoms with E-state index in [-0.39, 0.29) is 5.91 Å². The summed E-state index contributed by atoms with van der Waals surface area (Å²) >= 11 is 0. The maximum absolute atomic E-state index is 12.8. The Morgan fingerprint density at radius 1 is 1.00 bits per heavy atom. The number of H-pyrrole nitrogens is 1. The van der Waals surface area contributed by atoms with Gasteiger partial charge in [-0.3, -0.25) is 4.79 Å². The van der Waals surface area contributed by atoms with Crippen LogP contribution in [0, 0.1) is 0 Å². The Morgan fingerprint density at radius 2 is 1.75 bits per heavy atom. The molecule has 8 nitrogen and oxygen atoms in total. The molecule has 162 valence electrons. The van der Waals surface area contributed by atoms with Gasteiger partial charge in [-0.25, -0.2) is 15.0 Å². The van der Waals surface area contributed by atoms with Crippen molar-refractivity contribution in [3.63, 3.8) is 0 Å². The van der Waals surface area contributed by atoms with Crippen LogP contribution in [-0.4, -0.2) is 68.9 Å². The summed E-state index contributed by atoms with van der Waals surface area (Å²) in [4.78, 5) is 33.6.